The van der Waals surface area contributed by atoms with Crippen molar-refractivity contribution in [1.29, 1.82) is 0 Å². The fourth-order valence-electron chi connectivity index (χ4n) is 5.67. The molecule has 3 N–H and O–H groups in total. The van der Waals surface area contributed by atoms with Gasteiger partial charge in [0.2, 0.25) is 11.8 Å². The summed E-state index contributed by atoms with van der Waals surface area (Å²) in [5.74, 6) is -2.75. The Kier molecular flexibility index (Phi) is 7.70. The number of hydrogen-bond acceptors (Lipinski definition) is 7. The molecular weight excluding hydrogens is 613 g/mol. The van der Waals surface area contributed by atoms with Gasteiger partial charge in [-0.15, -0.1) is 0 Å². The molecule has 0 atom stereocenters. The van der Waals surface area contributed by atoms with Gasteiger partial charge < -0.3 is 25.3 Å². The van der Waals surface area contributed by atoms with E-state index >= 15 is 4.39 Å². The zero-order chi connectivity index (χ0) is 32.9. The van der Waals surface area contributed by atoms with Crippen molar-refractivity contribution in [3.63, 3.8) is 0 Å². The zero-order valence-corrected chi connectivity index (χ0v) is 25.7. The van der Waals surface area contributed by atoms with Gasteiger partial charge in [0, 0.05) is 29.8 Å². The molecule has 4 aromatic rings. The lowest BCUT2D eigenvalue weighted by Gasteiger charge is -2.27. The van der Waals surface area contributed by atoms with Crippen LogP contribution in [0.1, 0.15) is 38.5 Å². The number of primary amides is 1. The maximum Gasteiger partial charge on any atom is 0.247 e. The number of aromatic nitrogens is 1. The van der Waals surface area contributed by atoms with E-state index in [0.29, 0.717) is 34.8 Å². The van der Waals surface area contributed by atoms with Gasteiger partial charge in [-0.2, -0.15) is 0 Å². The van der Waals surface area contributed by atoms with Crippen molar-refractivity contribution in [3.8, 4) is 23.0 Å². The van der Waals surface area contributed by atoms with Crippen molar-refractivity contribution < 1.29 is 37.0 Å². The molecule has 1 aromatic heterocycles. The van der Waals surface area contributed by atoms with Gasteiger partial charge in [0.25, 0.3) is 0 Å². The van der Waals surface area contributed by atoms with Crippen LogP contribution in [-0.2, 0) is 9.59 Å². The molecule has 3 aromatic carbocycles. The Labute approximate surface area is 268 Å². The lowest BCUT2D eigenvalue weighted by Crippen LogP contribution is -2.41. The molecule has 1 heterocycles. The molecule has 0 aliphatic heterocycles. The van der Waals surface area contributed by atoms with Crippen molar-refractivity contribution in [2.75, 3.05) is 25.2 Å². The number of benzene rings is 3. The van der Waals surface area contributed by atoms with Crippen LogP contribution >= 0.6 is 0 Å². The molecule has 7 rings (SSSR count). The number of amides is 2. The predicted molar refractivity (Wildman–Crippen MR) is 167 cm³/mol. The van der Waals surface area contributed by atoms with Crippen LogP contribution in [0, 0.1) is 28.8 Å². The monoisotopic (exact) mass is 646 g/mol. The fourth-order valence-corrected chi connectivity index (χ4v) is 5.67. The second-order valence-electron chi connectivity index (χ2n) is 12.6. The van der Waals surface area contributed by atoms with Gasteiger partial charge in [-0.05, 0) is 87.4 Å². The van der Waals surface area contributed by atoms with Gasteiger partial charge in [0.15, 0.2) is 29.0 Å². The van der Waals surface area contributed by atoms with Crippen LogP contribution in [0.15, 0.2) is 60.8 Å². The maximum absolute atomic E-state index is 15.8. The quantitative estimate of drug-likeness (QED) is 0.164. The van der Waals surface area contributed by atoms with Crippen molar-refractivity contribution in [2.24, 2.45) is 17.1 Å². The summed E-state index contributed by atoms with van der Waals surface area (Å²) in [6.07, 6.45) is 6.55. The van der Waals surface area contributed by atoms with E-state index in [0.717, 1.165) is 54.5 Å². The number of nitrogens with two attached hydrogens (primary N) is 1. The Morgan fingerprint density at radius 3 is 2.36 bits per heavy atom. The summed E-state index contributed by atoms with van der Waals surface area (Å²) in [5, 5.41) is 4.25. The average molecular weight is 647 g/mol. The number of pyridine rings is 1. The molecule has 0 radical (unpaired) electrons. The average Bonchev–Trinajstić information content (AvgIpc) is 3.92. The molecule has 0 spiro atoms. The molecule has 3 aliphatic carbocycles. The molecule has 244 valence electrons. The van der Waals surface area contributed by atoms with Gasteiger partial charge in [0.1, 0.15) is 23.5 Å². The Morgan fingerprint density at radius 2 is 1.72 bits per heavy atom. The third kappa shape index (κ3) is 6.05. The van der Waals surface area contributed by atoms with Crippen molar-refractivity contribution in [3.05, 3.63) is 78.2 Å². The highest BCUT2D eigenvalue weighted by molar-refractivity contribution is 6.16. The second kappa shape index (κ2) is 11.8. The molecule has 3 aliphatic rings. The third-order valence-electron chi connectivity index (χ3n) is 9.19. The SMILES string of the molecule is COc1cc2c(Oc3ccc(N(C(=O)C4(C(N)=O)CC4)c4ccc(F)c(F)c4)c(F)c3)ccnc2cc1OCC1(NCC2CC2)CC1. The number of ether oxygens (including phenoxy) is 3. The first-order valence-corrected chi connectivity index (χ1v) is 15.5. The summed E-state index contributed by atoms with van der Waals surface area (Å²) < 4.78 is 61.7. The van der Waals surface area contributed by atoms with E-state index < -0.39 is 34.7 Å². The van der Waals surface area contributed by atoms with E-state index in [2.05, 4.69) is 10.3 Å². The van der Waals surface area contributed by atoms with E-state index in [9.17, 15) is 18.4 Å². The van der Waals surface area contributed by atoms with Crippen LogP contribution in [0.5, 0.6) is 23.0 Å². The molecular formula is C35H33F3N4O5. The molecule has 0 bridgehead atoms. The number of nitrogens with one attached hydrogen (secondary N) is 1. The first-order chi connectivity index (χ1) is 22.6. The van der Waals surface area contributed by atoms with Gasteiger partial charge in [-0.3, -0.25) is 19.5 Å². The lowest BCUT2D eigenvalue weighted by molar-refractivity contribution is -0.133. The highest BCUT2D eigenvalue weighted by atomic mass is 19.2. The van der Waals surface area contributed by atoms with Crippen LogP contribution in [0.25, 0.3) is 10.9 Å². The molecule has 0 unspecified atom stereocenters. The highest BCUT2D eigenvalue weighted by Crippen LogP contribution is 2.49. The third-order valence-corrected chi connectivity index (χ3v) is 9.19. The molecule has 0 saturated heterocycles. The summed E-state index contributed by atoms with van der Waals surface area (Å²) in [5.41, 5.74) is 4.06. The predicted octanol–water partition coefficient (Wildman–Crippen LogP) is 6.29. The standard InChI is InChI=1S/C35H33F3N4O5/c1-45-30-16-23-27(17-31(30)46-19-34(9-10-34)41-18-20-2-3-20)40-13-8-29(23)47-22-5-7-28(26(38)15-22)42(21-4-6-24(36)25(37)14-21)33(44)35(11-12-35)32(39)43/h4-8,13-17,20,41H,2-3,9-12,18-19H2,1H3,(H2,39,43). The molecule has 3 saturated carbocycles. The summed E-state index contributed by atoms with van der Waals surface area (Å²) in [7, 11) is 1.54. The molecule has 12 heteroatoms. The van der Waals surface area contributed by atoms with Crippen LogP contribution in [0.3, 0.4) is 0 Å². The number of rotatable bonds is 13. The van der Waals surface area contributed by atoms with Gasteiger partial charge >= 0.3 is 0 Å². The van der Waals surface area contributed by atoms with E-state index in [1.165, 1.54) is 25.0 Å². The lowest BCUT2D eigenvalue weighted by atomic mass is 10.0. The van der Waals surface area contributed by atoms with E-state index in [1.54, 1.807) is 31.5 Å². The number of methoxy groups -OCH3 is 1. The summed E-state index contributed by atoms with van der Waals surface area (Å²) in [4.78, 5) is 31.1. The van der Waals surface area contributed by atoms with E-state index in [4.69, 9.17) is 19.9 Å². The molecule has 9 nitrogen and oxygen atoms in total. The van der Waals surface area contributed by atoms with E-state index in [-0.39, 0.29) is 35.5 Å². The smallest absolute Gasteiger partial charge is 0.247 e. The Balaban J connectivity index is 1.15. The Morgan fingerprint density at radius 1 is 0.936 bits per heavy atom. The van der Waals surface area contributed by atoms with Crippen molar-refractivity contribution >= 4 is 34.1 Å². The first-order valence-electron chi connectivity index (χ1n) is 15.5. The van der Waals surface area contributed by atoms with E-state index in [1.807, 2.05) is 0 Å². The van der Waals surface area contributed by atoms with Crippen LogP contribution in [0.2, 0.25) is 0 Å². The number of nitrogens with zero attached hydrogens (tertiary/aromatic N) is 2. The second-order valence-corrected chi connectivity index (χ2v) is 12.6. The van der Waals surface area contributed by atoms with Gasteiger partial charge in [-0.25, -0.2) is 13.2 Å². The fraction of sp³-hybridized carbons (Fsp3) is 0.343. The number of carbonyl (C=O) groups excluding carboxylic acids is 2. The maximum atomic E-state index is 15.8. The molecule has 3 fully saturated rings. The van der Waals surface area contributed by atoms with Gasteiger partial charge in [-0.1, -0.05) is 0 Å². The number of carbonyl (C=O) groups is 2. The van der Waals surface area contributed by atoms with Gasteiger partial charge in [0.05, 0.1) is 29.5 Å². The van der Waals surface area contributed by atoms with Crippen molar-refractivity contribution in [1.82, 2.24) is 10.3 Å². The van der Waals surface area contributed by atoms with Crippen LogP contribution in [-0.4, -0.2) is 42.6 Å². The summed E-state index contributed by atoms with van der Waals surface area (Å²) in [6, 6.07) is 11.6. The minimum Gasteiger partial charge on any atom is -0.493 e. The van der Waals surface area contributed by atoms with Crippen LogP contribution < -0.4 is 30.2 Å². The molecule has 2 amide bonds. The Bertz CT molecular complexity index is 1890. The Hall–Kier alpha value is -4.84. The number of anilines is 2. The first kappa shape index (κ1) is 30.8. The highest BCUT2D eigenvalue weighted by Gasteiger charge is 2.57. The van der Waals surface area contributed by atoms with Crippen molar-refractivity contribution in [2.45, 2.75) is 44.1 Å². The molecule has 47 heavy (non-hydrogen) atoms. The summed E-state index contributed by atoms with van der Waals surface area (Å²) >= 11 is 0. The normalized spacial score (nSPS) is 17.2. The topological polar surface area (TPSA) is 116 Å². The summed E-state index contributed by atoms with van der Waals surface area (Å²) in [6.45, 7) is 1.52. The zero-order valence-electron chi connectivity index (χ0n) is 25.7. The number of halogens is 3. The minimum atomic E-state index is -1.56. The van der Waals surface area contributed by atoms with Crippen LogP contribution in [0.4, 0.5) is 24.5 Å². The largest absolute Gasteiger partial charge is 0.493 e. The minimum absolute atomic E-state index is 0.0126. The number of hydrogen-bond donors (Lipinski definition) is 2. The number of fused-ring (bicyclic) bond motifs is 1.